The predicted octanol–water partition coefficient (Wildman–Crippen LogP) is -7.26. The molecule has 11 N–H and O–H groups in total. The molecule has 4 aliphatic rings. The zero-order valence-corrected chi connectivity index (χ0v) is 28.3. The summed E-state index contributed by atoms with van der Waals surface area (Å²) in [6.07, 6.45) is -25.2. The summed E-state index contributed by atoms with van der Waals surface area (Å²) in [6.45, 7) is -2.62. The van der Waals surface area contributed by atoms with Gasteiger partial charge >= 0.3 is 5.97 Å². The van der Waals surface area contributed by atoms with E-state index >= 15 is 0 Å². The van der Waals surface area contributed by atoms with Crippen LogP contribution in [0.1, 0.15) is 38.5 Å². The maximum Gasteiger partial charge on any atom is 0.333 e. The Labute approximate surface area is 301 Å². The van der Waals surface area contributed by atoms with Crippen LogP contribution >= 0.6 is 0 Å². The maximum atomic E-state index is 12.3. The fourth-order valence-corrected chi connectivity index (χ4v) is 5.88. The van der Waals surface area contributed by atoms with Crippen molar-refractivity contribution in [3.8, 4) is 0 Å². The molecule has 23 nitrogen and oxygen atoms in total. The van der Waals surface area contributed by atoms with E-state index in [-0.39, 0.29) is 51.7 Å². The summed E-state index contributed by atoms with van der Waals surface area (Å²) in [5.74, 6) is -2.46. The van der Waals surface area contributed by atoms with Crippen molar-refractivity contribution < 1.29 is 104 Å². The molecule has 0 aromatic heterocycles. The number of carbonyl (C=O) groups excluding carboxylic acids is 4. The molecule has 3 amide bonds. The molecule has 304 valence electrons. The molecular formula is C30H48N2O21. The van der Waals surface area contributed by atoms with E-state index in [1.165, 1.54) is 0 Å². The minimum atomic E-state index is -1.92. The van der Waals surface area contributed by atoms with Gasteiger partial charge in [0.1, 0.15) is 73.2 Å². The first-order valence-electron chi connectivity index (χ1n) is 17.0. The molecule has 0 spiro atoms. The number of unbranched alkanes of at least 4 members (excludes halogenated alkanes) is 1. The number of ether oxygens (including phenoxy) is 6. The van der Waals surface area contributed by atoms with Crippen molar-refractivity contribution in [3.63, 3.8) is 0 Å². The second-order valence-electron chi connectivity index (χ2n) is 12.8. The van der Waals surface area contributed by atoms with E-state index in [1.807, 2.05) is 0 Å². The number of carbonyl (C=O) groups is 4. The number of rotatable bonds is 17. The Morgan fingerprint density at radius 1 is 0.660 bits per heavy atom. The van der Waals surface area contributed by atoms with Crippen LogP contribution in [0.2, 0.25) is 0 Å². The van der Waals surface area contributed by atoms with E-state index in [2.05, 4.69) is 5.32 Å². The molecule has 4 aliphatic heterocycles. The molecular weight excluding hydrogens is 724 g/mol. The average Bonchev–Trinajstić information content (AvgIpc) is 3.45. The molecule has 0 bridgehead atoms. The Hall–Kier alpha value is -2.56. The fraction of sp³-hybridized carbons (Fsp3) is 0.867. The lowest BCUT2D eigenvalue weighted by Crippen LogP contribution is -2.65. The van der Waals surface area contributed by atoms with E-state index in [0.29, 0.717) is 5.06 Å². The molecule has 15 atom stereocenters. The van der Waals surface area contributed by atoms with Gasteiger partial charge < -0.3 is 89.6 Å². The lowest BCUT2D eigenvalue weighted by molar-refractivity contribution is -0.366. The quantitative estimate of drug-likeness (QED) is 0.0483. The van der Waals surface area contributed by atoms with Crippen molar-refractivity contribution in [2.45, 2.75) is 131 Å². The number of hydrogen-bond donors (Lipinski definition) is 11. The van der Waals surface area contributed by atoms with Crippen molar-refractivity contribution in [2.75, 3.05) is 33.0 Å². The van der Waals surface area contributed by atoms with Crippen LogP contribution in [0.3, 0.4) is 0 Å². The SMILES string of the molecule is O=C(CCCCC(=O)ON1C(=O)CCC1=O)NCCO[C@@H]1O[C@H](COC2O[C@H](CO)[C@@H](O)[C@H](O)[C@@H]2O)[C@@H](O)[C@H](O[C@H]2O[C@H](CO)[C@@H](O)[C@H](O)[C@@H]2O)[C@@H]1O. The highest BCUT2D eigenvalue weighted by atomic mass is 16.8. The van der Waals surface area contributed by atoms with Crippen LogP contribution in [0.15, 0.2) is 0 Å². The number of hydrogen-bond acceptors (Lipinski definition) is 21. The van der Waals surface area contributed by atoms with Crippen molar-refractivity contribution in [1.29, 1.82) is 0 Å². The molecule has 0 aliphatic carbocycles. The van der Waals surface area contributed by atoms with Gasteiger partial charge in [-0.1, -0.05) is 0 Å². The van der Waals surface area contributed by atoms with Gasteiger partial charge in [0.05, 0.1) is 26.4 Å². The summed E-state index contributed by atoms with van der Waals surface area (Å²) in [5.41, 5.74) is 0. The van der Waals surface area contributed by atoms with E-state index in [9.17, 15) is 70.2 Å². The monoisotopic (exact) mass is 772 g/mol. The van der Waals surface area contributed by atoms with Gasteiger partial charge in [0, 0.05) is 32.2 Å². The highest BCUT2D eigenvalue weighted by Crippen LogP contribution is 2.31. The molecule has 0 saturated carbocycles. The smallest absolute Gasteiger partial charge is 0.333 e. The molecule has 23 heteroatoms. The molecule has 0 aromatic carbocycles. The predicted molar refractivity (Wildman–Crippen MR) is 164 cm³/mol. The van der Waals surface area contributed by atoms with E-state index < -0.39 is 136 Å². The van der Waals surface area contributed by atoms with Crippen molar-refractivity contribution in [3.05, 3.63) is 0 Å². The lowest BCUT2D eigenvalue weighted by Gasteiger charge is -2.46. The van der Waals surface area contributed by atoms with Gasteiger partial charge in [-0.15, -0.1) is 5.06 Å². The molecule has 0 aromatic rings. The van der Waals surface area contributed by atoms with Crippen LogP contribution in [-0.4, -0.2) is 205 Å². The Balaban J connectivity index is 1.30. The Kier molecular flexibility index (Phi) is 16.2. The Morgan fingerprint density at radius 3 is 1.79 bits per heavy atom. The molecule has 53 heavy (non-hydrogen) atoms. The standard InChI is InChI=1S/C30H48N2O21/c33-9-12-19(39)22(42)24(44)28(49-12)48-11-14-21(41)27(52-30-25(45)23(43)20(40)13(10-34)50-30)26(46)29(51-14)47-8-7-31-15(35)3-1-2-4-18(38)53-32-16(36)5-6-17(32)37/h12-14,19-30,33-34,39-46H,1-11H2,(H,31,35)/t12-,13-,14-,19-,20-,21-,22+,23+,24+,25+,26+,27+,28?,29-,30-/m1/s1. The van der Waals surface area contributed by atoms with Crippen molar-refractivity contribution in [2.24, 2.45) is 0 Å². The van der Waals surface area contributed by atoms with Crippen LogP contribution in [-0.2, 0) is 52.4 Å². The van der Waals surface area contributed by atoms with Crippen LogP contribution in [0, 0.1) is 0 Å². The second-order valence-corrected chi connectivity index (χ2v) is 12.8. The third kappa shape index (κ3) is 10.8. The molecule has 0 radical (unpaired) electrons. The van der Waals surface area contributed by atoms with Gasteiger partial charge in [-0.25, -0.2) is 4.79 Å². The van der Waals surface area contributed by atoms with Gasteiger partial charge in [-0.05, 0) is 12.8 Å². The number of imide groups is 1. The first-order chi connectivity index (χ1) is 25.2. The fourth-order valence-electron chi connectivity index (χ4n) is 5.88. The zero-order valence-electron chi connectivity index (χ0n) is 28.3. The minimum absolute atomic E-state index is 0.0179. The van der Waals surface area contributed by atoms with Crippen molar-refractivity contribution >= 4 is 23.7 Å². The minimum Gasteiger partial charge on any atom is -0.394 e. The van der Waals surface area contributed by atoms with E-state index in [1.54, 1.807) is 0 Å². The van der Waals surface area contributed by atoms with Crippen LogP contribution in [0.4, 0.5) is 0 Å². The summed E-state index contributed by atoms with van der Waals surface area (Å²) >= 11 is 0. The van der Waals surface area contributed by atoms with Gasteiger partial charge in [-0.2, -0.15) is 0 Å². The normalized spacial score (nSPS) is 39.3. The van der Waals surface area contributed by atoms with Gasteiger partial charge in [0.15, 0.2) is 18.9 Å². The summed E-state index contributed by atoms with van der Waals surface area (Å²) in [4.78, 5) is 52.1. The highest BCUT2D eigenvalue weighted by Gasteiger charge is 2.52. The zero-order chi connectivity index (χ0) is 39.0. The summed E-state index contributed by atoms with van der Waals surface area (Å²) in [6, 6.07) is 0. The molecule has 4 heterocycles. The van der Waals surface area contributed by atoms with Gasteiger partial charge in [0.2, 0.25) is 5.91 Å². The largest absolute Gasteiger partial charge is 0.394 e. The number of nitrogens with one attached hydrogen (secondary N) is 1. The van der Waals surface area contributed by atoms with Gasteiger partial charge in [0.25, 0.3) is 11.8 Å². The Bertz CT molecular complexity index is 1210. The highest BCUT2D eigenvalue weighted by molar-refractivity contribution is 6.01. The number of amides is 3. The maximum absolute atomic E-state index is 12.3. The second kappa shape index (κ2) is 19.9. The Morgan fingerprint density at radius 2 is 1.19 bits per heavy atom. The van der Waals surface area contributed by atoms with Crippen LogP contribution in [0.25, 0.3) is 0 Å². The summed E-state index contributed by atoms with van der Waals surface area (Å²) in [7, 11) is 0. The average molecular weight is 773 g/mol. The topological polar surface area (TPSA) is 350 Å². The van der Waals surface area contributed by atoms with Crippen LogP contribution in [0.5, 0.6) is 0 Å². The summed E-state index contributed by atoms with van der Waals surface area (Å²) < 4.78 is 33.0. The first kappa shape index (κ1) is 43.2. The number of hydroxylamine groups is 2. The number of aliphatic hydroxyl groups excluding tert-OH is 10. The van der Waals surface area contributed by atoms with Gasteiger partial charge in [-0.3, -0.25) is 14.4 Å². The van der Waals surface area contributed by atoms with E-state index in [4.69, 9.17) is 33.3 Å². The van der Waals surface area contributed by atoms with Crippen LogP contribution < -0.4 is 5.32 Å². The van der Waals surface area contributed by atoms with E-state index in [0.717, 1.165) is 0 Å². The molecule has 4 saturated heterocycles. The molecule has 4 fully saturated rings. The first-order valence-corrected chi connectivity index (χ1v) is 17.0. The number of aliphatic hydroxyl groups is 10. The number of nitrogens with zero attached hydrogens (tertiary/aromatic N) is 1. The summed E-state index contributed by atoms with van der Waals surface area (Å²) in [5, 5.41) is 105. The molecule has 4 rings (SSSR count). The third-order valence-corrected chi connectivity index (χ3v) is 8.99. The third-order valence-electron chi connectivity index (χ3n) is 8.99. The lowest BCUT2D eigenvalue weighted by atomic mass is 9.96. The van der Waals surface area contributed by atoms with Crippen molar-refractivity contribution in [1.82, 2.24) is 10.4 Å². The molecule has 1 unspecified atom stereocenters.